The molecule has 0 spiro atoms. The third-order valence-corrected chi connectivity index (χ3v) is 9.79. The van der Waals surface area contributed by atoms with E-state index < -0.39 is 21.6 Å². The molecule has 2 aromatic carbocycles. The maximum Gasteiger partial charge on any atom is 0.320 e. The fourth-order valence-electron chi connectivity index (χ4n) is 6.27. The van der Waals surface area contributed by atoms with E-state index in [1.807, 2.05) is 49.9 Å². The maximum atomic E-state index is 13.6. The molecule has 14 heteroatoms. The highest BCUT2D eigenvalue weighted by Crippen LogP contribution is 2.38. The van der Waals surface area contributed by atoms with Gasteiger partial charge in [0.15, 0.2) is 0 Å². The number of nitrogens with zero attached hydrogens (tertiary/aromatic N) is 3. The van der Waals surface area contributed by atoms with Crippen molar-refractivity contribution in [1.29, 1.82) is 10.8 Å². The lowest BCUT2D eigenvalue weighted by atomic mass is 9.85. The number of nitrogens with one attached hydrogen (secondary N) is 4. The number of fused-ring (bicyclic) bond motifs is 1. The number of hydrogen-bond donors (Lipinski definition) is 5. The van der Waals surface area contributed by atoms with Gasteiger partial charge in [-0.15, -0.1) is 0 Å². The van der Waals surface area contributed by atoms with Crippen LogP contribution in [-0.2, 0) is 20.9 Å². The molecular weight excluding hydrogens is 681 g/mol. The second-order valence-electron chi connectivity index (χ2n) is 14.4. The van der Waals surface area contributed by atoms with Gasteiger partial charge >= 0.3 is 6.03 Å². The van der Waals surface area contributed by atoms with Crippen molar-refractivity contribution in [3.63, 3.8) is 0 Å². The average molecular weight is 731 g/mol. The van der Waals surface area contributed by atoms with E-state index in [0.29, 0.717) is 35.5 Å². The van der Waals surface area contributed by atoms with Crippen LogP contribution in [0.15, 0.2) is 83.6 Å². The van der Waals surface area contributed by atoms with Crippen LogP contribution in [0.5, 0.6) is 5.75 Å². The van der Waals surface area contributed by atoms with Crippen LogP contribution in [0.2, 0.25) is 0 Å². The number of amides is 2. The Morgan fingerprint density at radius 2 is 1.81 bits per heavy atom. The van der Waals surface area contributed by atoms with Crippen molar-refractivity contribution < 1.29 is 22.1 Å². The summed E-state index contributed by atoms with van der Waals surface area (Å²) in [5.74, 6) is 1.05. The predicted octanol–water partition coefficient (Wildman–Crippen LogP) is 5.97. The van der Waals surface area contributed by atoms with Crippen LogP contribution in [0.3, 0.4) is 0 Å². The summed E-state index contributed by atoms with van der Waals surface area (Å²) < 4.78 is 36.0. The minimum atomic E-state index is -3.63. The van der Waals surface area contributed by atoms with E-state index in [-0.39, 0.29) is 42.1 Å². The van der Waals surface area contributed by atoms with Crippen molar-refractivity contribution in [1.82, 2.24) is 20.1 Å². The Labute approximate surface area is 306 Å². The lowest BCUT2D eigenvalue weighted by Crippen LogP contribution is -2.47. The van der Waals surface area contributed by atoms with Crippen LogP contribution in [-0.4, -0.2) is 54.6 Å². The second kappa shape index (κ2) is 16.2. The molecule has 0 radical (unpaired) electrons. The number of carbonyl (C=O) groups excluding carboxylic acids is 1. The highest BCUT2D eigenvalue weighted by atomic mass is 32.2. The lowest BCUT2D eigenvalue weighted by molar-refractivity contribution is 0.170. The first-order valence-electron chi connectivity index (χ1n) is 17.5. The maximum absolute atomic E-state index is 13.6. The van der Waals surface area contributed by atoms with Gasteiger partial charge in [0.1, 0.15) is 23.2 Å². The number of benzene rings is 2. The molecule has 2 aliphatic rings. The van der Waals surface area contributed by atoms with Crippen molar-refractivity contribution in [2.24, 2.45) is 16.1 Å². The Hall–Kier alpha value is -4.95. The summed E-state index contributed by atoms with van der Waals surface area (Å²) in [5, 5.41) is 23.3. The molecule has 1 aliphatic heterocycles. The van der Waals surface area contributed by atoms with Crippen molar-refractivity contribution in [2.45, 2.75) is 84.6 Å². The molecule has 2 heterocycles. The molecule has 278 valence electrons. The molecule has 0 saturated carbocycles. The highest BCUT2D eigenvalue weighted by molar-refractivity contribution is 7.85. The summed E-state index contributed by atoms with van der Waals surface area (Å²) >= 11 is 0. The van der Waals surface area contributed by atoms with Gasteiger partial charge < -0.3 is 20.7 Å². The van der Waals surface area contributed by atoms with Crippen LogP contribution in [0.25, 0.3) is 0 Å². The van der Waals surface area contributed by atoms with Gasteiger partial charge in [-0.3, -0.25) is 24.9 Å². The topological polar surface area (TPSA) is 188 Å². The molecule has 3 aromatic rings. The van der Waals surface area contributed by atoms with Gasteiger partial charge in [-0.05, 0) is 80.0 Å². The van der Waals surface area contributed by atoms with E-state index in [1.165, 1.54) is 0 Å². The van der Waals surface area contributed by atoms with Crippen LogP contribution in [0.1, 0.15) is 88.6 Å². The predicted molar refractivity (Wildman–Crippen MR) is 202 cm³/mol. The SMILES string of the molecule is C[C@H]1CCCCN1C(=N)n1cc(O[C@@H]2CC[C@H](NC(=O)NC(C=C(N)C(C)(C)C)=Nc3cccc(COS(C)(=O)=O)c3)c3ccccc32)ccc1=N. The minimum absolute atomic E-state index is 0.145. The molecule has 2 amide bonds. The number of rotatable bonds is 8. The van der Waals surface area contributed by atoms with Crippen molar-refractivity contribution >= 4 is 33.6 Å². The van der Waals surface area contributed by atoms with Crippen molar-refractivity contribution in [3.8, 4) is 5.75 Å². The van der Waals surface area contributed by atoms with E-state index >= 15 is 0 Å². The van der Waals surface area contributed by atoms with Gasteiger partial charge in [0, 0.05) is 29.8 Å². The number of hydrogen-bond acceptors (Lipinski definition) is 9. The summed E-state index contributed by atoms with van der Waals surface area (Å²) in [7, 11) is -3.63. The van der Waals surface area contributed by atoms with Crippen LogP contribution >= 0.6 is 0 Å². The number of piperidine rings is 1. The highest BCUT2D eigenvalue weighted by Gasteiger charge is 2.30. The first kappa shape index (κ1) is 38.3. The number of amidine groups is 1. The van der Waals surface area contributed by atoms with E-state index in [2.05, 4.69) is 22.5 Å². The number of pyridine rings is 1. The van der Waals surface area contributed by atoms with Crippen molar-refractivity contribution in [2.75, 3.05) is 12.8 Å². The summed E-state index contributed by atoms with van der Waals surface area (Å²) in [6, 6.07) is 17.6. The van der Waals surface area contributed by atoms with Gasteiger partial charge in [0.2, 0.25) is 5.96 Å². The van der Waals surface area contributed by atoms with Gasteiger partial charge in [-0.1, -0.05) is 57.2 Å². The second-order valence-corrected chi connectivity index (χ2v) is 16.1. The fraction of sp³-hybridized carbons (Fsp3) is 0.421. The molecule has 1 fully saturated rings. The Morgan fingerprint density at radius 3 is 2.52 bits per heavy atom. The lowest BCUT2D eigenvalue weighted by Gasteiger charge is -2.36. The summed E-state index contributed by atoms with van der Waals surface area (Å²) in [5.41, 5.74) is 9.66. The van der Waals surface area contributed by atoms with Crippen molar-refractivity contribution in [3.05, 3.63) is 101 Å². The molecule has 5 rings (SSSR count). The molecular formula is C38H50N8O5S. The fourth-order valence-corrected chi connectivity index (χ4v) is 6.62. The molecule has 1 aliphatic carbocycles. The average Bonchev–Trinajstić information content (AvgIpc) is 3.08. The molecule has 52 heavy (non-hydrogen) atoms. The van der Waals surface area contributed by atoms with Crippen LogP contribution in [0, 0.1) is 16.2 Å². The minimum Gasteiger partial charge on any atom is -0.484 e. The molecule has 3 atom stereocenters. The zero-order valence-corrected chi connectivity index (χ0v) is 31.3. The first-order chi connectivity index (χ1) is 24.6. The normalized spacial score (nSPS) is 19.8. The van der Waals surface area contributed by atoms with E-state index in [0.717, 1.165) is 43.2 Å². The molecule has 0 unspecified atom stereocenters. The van der Waals surface area contributed by atoms with E-state index in [9.17, 15) is 13.2 Å². The van der Waals surface area contributed by atoms with Gasteiger partial charge in [0.05, 0.1) is 30.8 Å². The number of ether oxygens (including phenoxy) is 1. The zero-order chi connectivity index (χ0) is 37.6. The van der Waals surface area contributed by atoms with Crippen LogP contribution in [0.4, 0.5) is 10.5 Å². The number of nitrogens with two attached hydrogens (primary N) is 1. The monoisotopic (exact) mass is 730 g/mol. The van der Waals surface area contributed by atoms with Gasteiger partial charge in [0.25, 0.3) is 10.1 Å². The summed E-state index contributed by atoms with van der Waals surface area (Å²) in [6.45, 7) is 8.63. The van der Waals surface area contributed by atoms with Gasteiger partial charge in [-0.2, -0.15) is 8.42 Å². The number of likely N-dealkylation sites (tertiary alicyclic amines) is 1. The number of aliphatic imine (C=N–C) groups is 1. The molecule has 1 aromatic heterocycles. The summed E-state index contributed by atoms with van der Waals surface area (Å²) in [4.78, 5) is 20.2. The number of urea groups is 1. The zero-order valence-electron chi connectivity index (χ0n) is 30.5. The molecule has 1 saturated heterocycles. The molecule has 0 bridgehead atoms. The Morgan fingerprint density at radius 1 is 1.06 bits per heavy atom. The Bertz CT molecular complexity index is 2020. The van der Waals surface area contributed by atoms with E-state index in [4.69, 9.17) is 25.5 Å². The Kier molecular flexibility index (Phi) is 11.9. The number of allylic oxidation sites excluding steroid dienone is 1. The first-order valence-corrected chi connectivity index (χ1v) is 19.3. The quantitative estimate of drug-likeness (QED) is 0.107. The standard InChI is InChI=1S/C38H50N8O5S/c1-25-11-8-9-20-45(25)36(41)46-23-28(16-19-34(46)40)51-32-18-17-31(29-14-6-7-15-30(29)32)43-37(47)44-35(22-33(39)38(2,3)4)42-27-13-10-12-26(21-27)24-50-52(5,48)49/h6-7,10,12-16,19,21-23,25,31-32,40-41H,8-9,11,17-18,20,24,39H2,1-5H3,(H2,42,43,44,47)/t25-,31-,32+/m0/s1. The summed E-state index contributed by atoms with van der Waals surface area (Å²) in [6.07, 6.45) is 8.44. The number of carbonyl (C=O) groups is 1. The van der Waals surface area contributed by atoms with Gasteiger partial charge in [-0.25, -0.2) is 9.79 Å². The largest absolute Gasteiger partial charge is 0.484 e. The molecule has 13 nitrogen and oxygen atoms in total. The molecule has 6 N–H and O–H groups in total. The van der Waals surface area contributed by atoms with Crippen LogP contribution < -0.4 is 26.6 Å². The third kappa shape index (κ3) is 10.1. The smallest absolute Gasteiger partial charge is 0.320 e. The number of aromatic nitrogens is 1. The van der Waals surface area contributed by atoms with E-state index in [1.54, 1.807) is 53.2 Å². The third-order valence-electron chi connectivity index (χ3n) is 9.24. The Balaban J connectivity index is 1.32.